The number of aliphatic carboxylic acids is 2. The van der Waals surface area contributed by atoms with Crippen LogP contribution in [0.15, 0.2) is 6.08 Å². The first kappa shape index (κ1) is 25.8. The zero-order chi connectivity index (χ0) is 16.5. The number of carbonyl (C=O) groups is 2. The Morgan fingerprint density at radius 1 is 1.38 bits per heavy atom. The van der Waals surface area contributed by atoms with Crippen molar-refractivity contribution in [1.29, 1.82) is 0 Å². The van der Waals surface area contributed by atoms with E-state index in [4.69, 9.17) is 31.0 Å². The van der Waals surface area contributed by atoms with Crippen molar-refractivity contribution in [3.8, 4) is 18.2 Å². The van der Waals surface area contributed by atoms with Gasteiger partial charge in [0, 0.05) is 13.1 Å². The molecule has 8 nitrogen and oxygen atoms in total. The summed E-state index contributed by atoms with van der Waals surface area (Å²) in [5, 5.41) is 17.9. The molecule has 0 fully saturated rings. The Bertz CT molecular complexity index is 603. The van der Waals surface area contributed by atoms with Gasteiger partial charge in [-0.1, -0.05) is 12.0 Å². The van der Waals surface area contributed by atoms with E-state index in [1.807, 2.05) is 0 Å². The fraction of sp³-hybridized carbons (Fsp3) is 0.385. The summed E-state index contributed by atoms with van der Waals surface area (Å²) in [6.07, 6.45) is 8.39. The third kappa shape index (κ3) is 9.15. The third-order valence-electron chi connectivity index (χ3n) is 2.56. The minimum absolute atomic E-state index is 0. The van der Waals surface area contributed by atoms with Crippen LogP contribution in [0.2, 0.25) is 0 Å². The molecule has 0 unspecified atom stereocenters. The summed E-state index contributed by atoms with van der Waals surface area (Å²) in [7, 11) is 2.09. The SMILES string of the molecule is C#CCOc1nsnc1C1=CCCN(C)C1.O=C([O-])C(=O)[O-].[Na+].[Na+]. The number of terminal acetylenes is 1. The fourth-order valence-electron chi connectivity index (χ4n) is 1.65. The molecule has 0 saturated heterocycles. The average molecular weight is 369 g/mol. The first-order valence-electron chi connectivity index (χ1n) is 6.14. The minimum Gasteiger partial charge on any atom is -0.543 e. The number of likely N-dealkylation sites (N-methyl/N-ethyl adjacent to an activating group) is 1. The monoisotopic (exact) mass is 369 g/mol. The molecule has 118 valence electrons. The molecule has 11 heteroatoms. The number of rotatable bonds is 3. The van der Waals surface area contributed by atoms with Crippen LogP contribution < -0.4 is 74.1 Å². The van der Waals surface area contributed by atoms with Gasteiger partial charge in [0.15, 0.2) is 6.61 Å². The summed E-state index contributed by atoms with van der Waals surface area (Å²) in [6, 6.07) is 0. The maximum atomic E-state index is 8.93. The van der Waals surface area contributed by atoms with Gasteiger partial charge in [-0.2, -0.15) is 4.37 Å². The van der Waals surface area contributed by atoms with Gasteiger partial charge < -0.3 is 29.4 Å². The van der Waals surface area contributed by atoms with Crippen LogP contribution in [0.3, 0.4) is 0 Å². The molecule has 1 aliphatic rings. The van der Waals surface area contributed by atoms with Crippen molar-refractivity contribution in [3.63, 3.8) is 0 Å². The Balaban J connectivity index is 0. The molecule has 24 heavy (non-hydrogen) atoms. The van der Waals surface area contributed by atoms with Crippen molar-refractivity contribution in [2.24, 2.45) is 0 Å². The predicted molar refractivity (Wildman–Crippen MR) is 74.3 cm³/mol. The Hall–Kier alpha value is -0.440. The normalized spacial score (nSPS) is 12.9. The van der Waals surface area contributed by atoms with Gasteiger partial charge in [-0.05, 0) is 19.0 Å². The smallest absolute Gasteiger partial charge is 0.543 e. The summed E-state index contributed by atoms with van der Waals surface area (Å²) in [5.41, 5.74) is 2.02. The molecular weight excluding hydrogens is 356 g/mol. The molecule has 2 rings (SSSR count). The van der Waals surface area contributed by atoms with Crippen molar-refractivity contribution >= 4 is 29.2 Å². The molecule has 0 radical (unpaired) electrons. The summed E-state index contributed by atoms with van der Waals surface area (Å²) < 4.78 is 13.7. The van der Waals surface area contributed by atoms with Crippen LogP contribution in [0.5, 0.6) is 5.88 Å². The van der Waals surface area contributed by atoms with E-state index in [-0.39, 0.29) is 65.7 Å². The van der Waals surface area contributed by atoms with Crippen LogP contribution in [0, 0.1) is 12.3 Å². The number of hydrogen-bond acceptors (Lipinski definition) is 9. The van der Waals surface area contributed by atoms with E-state index >= 15 is 0 Å². The van der Waals surface area contributed by atoms with E-state index in [1.165, 1.54) is 5.57 Å². The van der Waals surface area contributed by atoms with Crippen LogP contribution in [-0.2, 0) is 9.59 Å². The van der Waals surface area contributed by atoms with Crippen LogP contribution >= 0.6 is 11.7 Å². The average Bonchev–Trinajstić information content (AvgIpc) is 2.94. The number of hydrogen-bond donors (Lipinski definition) is 0. The van der Waals surface area contributed by atoms with Crippen molar-refractivity contribution in [3.05, 3.63) is 11.8 Å². The Kier molecular flexibility index (Phi) is 14.8. The second-order valence-corrected chi connectivity index (χ2v) is 4.77. The molecule has 1 aromatic heterocycles. The van der Waals surface area contributed by atoms with E-state index < -0.39 is 11.9 Å². The minimum atomic E-state index is -2.19. The van der Waals surface area contributed by atoms with E-state index in [0.29, 0.717) is 5.88 Å². The number of carboxylic acids is 2. The molecule has 0 aliphatic carbocycles. The standard InChI is InChI=1S/C11H13N3OS.C2H2O4.2Na/c1-3-7-15-11-10(12-16-13-11)9-5-4-6-14(2)8-9;3-1(4)2(5)6;;/h1,5H,4,6-8H2,2H3;(H,3,4)(H,5,6);;/q;;2*+1/p-2. The van der Waals surface area contributed by atoms with Crippen LogP contribution in [0.4, 0.5) is 0 Å². The van der Waals surface area contributed by atoms with Crippen LogP contribution in [0.25, 0.3) is 5.57 Å². The van der Waals surface area contributed by atoms with Gasteiger partial charge in [0.05, 0.1) is 23.7 Å². The molecule has 0 atom stereocenters. The number of ether oxygens (including phenoxy) is 1. The van der Waals surface area contributed by atoms with Gasteiger partial charge >= 0.3 is 59.1 Å². The zero-order valence-corrected chi connectivity index (χ0v) is 18.6. The summed E-state index contributed by atoms with van der Waals surface area (Å²) in [5.74, 6) is -1.38. The number of carboxylic acid groups (broad SMARTS) is 2. The topological polar surface area (TPSA) is 119 Å². The number of carbonyl (C=O) groups excluding carboxylic acids is 2. The van der Waals surface area contributed by atoms with Crippen LogP contribution in [-0.4, -0.2) is 52.3 Å². The van der Waals surface area contributed by atoms with Gasteiger partial charge in [-0.3, -0.25) is 0 Å². The Labute approximate surface area is 188 Å². The molecule has 1 aliphatic heterocycles. The van der Waals surface area contributed by atoms with Crippen molar-refractivity contribution < 1.29 is 83.7 Å². The van der Waals surface area contributed by atoms with Crippen molar-refractivity contribution in [2.75, 3.05) is 26.7 Å². The predicted octanol–water partition coefficient (Wildman–Crippen LogP) is -8.24. The zero-order valence-electron chi connectivity index (χ0n) is 13.8. The molecule has 0 saturated carbocycles. The second-order valence-electron chi connectivity index (χ2n) is 4.24. The third-order valence-corrected chi connectivity index (χ3v) is 3.07. The number of aromatic nitrogens is 2. The Morgan fingerprint density at radius 2 is 2.00 bits per heavy atom. The van der Waals surface area contributed by atoms with Gasteiger partial charge in [-0.15, -0.1) is 10.8 Å². The summed E-state index contributed by atoms with van der Waals surface area (Å²) in [4.78, 5) is 20.1. The Morgan fingerprint density at radius 3 is 2.50 bits per heavy atom. The largest absolute Gasteiger partial charge is 1.00 e. The molecule has 0 bridgehead atoms. The maximum absolute atomic E-state index is 8.93. The molecule has 0 aromatic carbocycles. The molecule has 0 N–H and O–H groups in total. The van der Waals surface area contributed by atoms with E-state index in [1.54, 1.807) is 0 Å². The van der Waals surface area contributed by atoms with Crippen molar-refractivity contribution in [2.45, 2.75) is 6.42 Å². The van der Waals surface area contributed by atoms with Gasteiger partial charge in [-0.25, -0.2) is 0 Å². The summed E-state index contributed by atoms with van der Waals surface area (Å²) in [6.45, 7) is 2.21. The fourth-order valence-corrected chi connectivity index (χ4v) is 2.18. The van der Waals surface area contributed by atoms with E-state index in [0.717, 1.165) is 36.9 Å². The molecule has 2 heterocycles. The van der Waals surface area contributed by atoms with E-state index in [9.17, 15) is 0 Å². The first-order chi connectivity index (χ1) is 10.5. The van der Waals surface area contributed by atoms with Crippen LogP contribution in [0.1, 0.15) is 12.1 Å². The van der Waals surface area contributed by atoms with Gasteiger partial charge in [0.25, 0.3) is 5.88 Å². The molecule has 0 spiro atoms. The second kappa shape index (κ2) is 13.8. The first-order valence-corrected chi connectivity index (χ1v) is 6.87. The van der Waals surface area contributed by atoms with E-state index in [2.05, 4.69) is 32.7 Å². The quantitative estimate of drug-likeness (QED) is 0.293. The van der Waals surface area contributed by atoms with Crippen molar-refractivity contribution in [1.82, 2.24) is 13.6 Å². The van der Waals surface area contributed by atoms with Gasteiger partial charge in [0.1, 0.15) is 5.69 Å². The maximum Gasteiger partial charge on any atom is 1.00 e. The number of nitrogens with zero attached hydrogens (tertiary/aromatic N) is 3. The molecular formula is C13H13N3Na2O5S. The molecule has 1 aromatic rings. The summed E-state index contributed by atoms with van der Waals surface area (Å²) >= 11 is 1.16. The van der Waals surface area contributed by atoms with Gasteiger partial charge in [0.2, 0.25) is 0 Å². The molecule has 0 amide bonds.